The lowest BCUT2D eigenvalue weighted by atomic mass is 10.0. The molecule has 0 aliphatic heterocycles. The molecule has 0 saturated heterocycles. The van der Waals surface area contributed by atoms with E-state index in [-0.39, 0.29) is 0 Å². The highest BCUT2D eigenvalue weighted by molar-refractivity contribution is 6.43. The van der Waals surface area contributed by atoms with E-state index in [9.17, 15) is 0 Å². The molecule has 2 heteroatoms. The molecule has 0 amide bonds. The molecule has 2 aromatic carbocycles. The summed E-state index contributed by atoms with van der Waals surface area (Å²) in [5.74, 6) is 0. The minimum atomic E-state index is 0.981. The molecular weight excluding hydrogens is 893 g/mol. The highest BCUT2D eigenvalue weighted by Gasteiger charge is 2.11. The fourth-order valence-electron chi connectivity index (χ4n) is 10.7. The average Bonchev–Trinajstić information content (AvgIpc) is 3.42. The Balaban J connectivity index is 1.59. The zero-order valence-corrected chi connectivity index (χ0v) is 50.2. The van der Waals surface area contributed by atoms with Crippen molar-refractivity contribution in [3.05, 3.63) is 84.0 Å². The number of aryl methyl sites for hydroxylation is 2. The molecule has 0 bridgehead atoms. The SMILES string of the molecule is CCCCCCCCCCCCCCCCCCCCC/C=C/CCc1ccc(N=C(CCCC)C(CCCC)=Nc2ccc(CC/C=C/CCCCCCCCCCCCCCCCCCCCC)cc2)cc1. The van der Waals surface area contributed by atoms with Crippen LogP contribution in [0.5, 0.6) is 0 Å². The summed E-state index contributed by atoms with van der Waals surface area (Å²) < 4.78 is 0. The van der Waals surface area contributed by atoms with Crippen molar-refractivity contribution in [2.75, 3.05) is 0 Å². The molecule has 0 unspecified atom stereocenters. The van der Waals surface area contributed by atoms with Gasteiger partial charge in [-0.05, 0) is 112 Å². The van der Waals surface area contributed by atoms with Crippen molar-refractivity contribution >= 4 is 22.8 Å². The van der Waals surface area contributed by atoms with Gasteiger partial charge in [0.1, 0.15) is 0 Å². The van der Waals surface area contributed by atoms with E-state index >= 15 is 0 Å². The molecule has 0 atom stereocenters. The molecule has 0 saturated carbocycles. The maximum Gasteiger partial charge on any atom is 0.0633 e. The van der Waals surface area contributed by atoms with Gasteiger partial charge in [-0.3, -0.25) is 9.98 Å². The maximum absolute atomic E-state index is 5.28. The molecular formula is C72H124N2. The normalized spacial score (nSPS) is 12.4. The molecule has 0 N–H and O–H groups in total. The van der Waals surface area contributed by atoms with Gasteiger partial charge < -0.3 is 0 Å². The Morgan fingerprint density at radius 2 is 0.473 bits per heavy atom. The fraction of sp³-hybridized carbons (Fsp3) is 0.750. The van der Waals surface area contributed by atoms with Crippen molar-refractivity contribution in [3.63, 3.8) is 0 Å². The third kappa shape index (κ3) is 42.4. The second-order valence-electron chi connectivity index (χ2n) is 23.0. The number of aliphatic imine (C=N–C) groups is 2. The quantitative estimate of drug-likeness (QED) is 0.0358. The summed E-state index contributed by atoms with van der Waals surface area (Å²) in [4.78, 5) is 10.6. The van der Waals surface area contributed by atoms with Crippen molar-refractivity contribution < 1.29 is 0 Å². The number of benzene rings is 2. The Morgan fingerprint density at radius 1 is 0.257 bits per heavy atom. The fourth-order valence-corrected chi connectivity index (χ4v) is 10.7. The van der Waals surface area contributed by atoms with Crippen LogP contribution in [0.4, 0.5) is 11.4 Å². The smallest absolute Gasteiger partial charge is 0.0633 e. The Labute approximate surface area is 463 Å². The van der Waals surface area contributed by atoms with E-state index in [1.165, 1.54) is 279 Å². The van der Waals surface area contributed by atoms with E-state index < -0.39 is 0 Å². The van der Waals surface area contributed by atoms with Gasteiger partial charge in [-0.25, -0.2) is 0 Å². The van der Waals surface area contributed by atoms with Crippen molar-refractivity contribution in [1.29, 1.82) is 0 Å². The Kier molecular flexibility index (Phi) is 48.8. The summed E-state index contributed by atoms with van der Waals surface area (Å²) in [6.45, 7) is 9.18. The summed E-state index contributed by atoms with van der Waals surface area (Å²) in [6.07, 6.45) is 77.9. The lowest BCUT2D eigenvalue weighted by Gasteiger charge is -2.11. The molecule has 0 fully saturated rings. The van der Waals surface area contributed by atoms with Crippen LogP contribution in [0.2, 0.25) is 0 Å². The van der Waals surface area contributed by atoms with Crippen molar-refractivity contribution in [2.45, 2.75) is 349 Å². The molecule has 0 heterocycles. The van der Waals surface area contributed by atoms with Gasteiger partial charge in [-0.2, -0.15) is 0 Å². The van der Waals surface area contributed by atoms with Crippen LogP contribution in [0.15, 0.2) is 82.8 Å². The highest BCUT2D eigenvalue weighted by Crippen LogP contribution is 2.23. The first kappa shape index (κ1) is 67.4. The monoisotopic (exact) mass is 1020 g/mol. The second kappa shape index (κ2) is 53.6. The average molecular weight is 1020 g/mol. The van der Waals surface area contributed by atoms with Gasteiger partial charge in [0, 0.05) is 0 Å². The van der Waals surface area contributed by atoms with E-state index in [1.807, 2.05) is 0 Å². The van der Waals surface area contributed by atoms with Gasteiger partial charge in [0.15, 0.2) is 0 Å². The third-order valence-electron chi connectivity index (χ3n) is 15.7. The summed E-state index contributed by atoms with van der Waals surface area (Å²) in [5, 5.41) is 0. The second-order valence-corrected chi connectivity index (χ2v) is 23.0. The van der Waals surface area contributed by atoms with Crippen LogP contribution in [0, 0.1) is 0 Å². The van der Waals surface area contributed by atoms with Gasteiger partial charge >= 0.3 is 0 Å². The van der Waals surface area contributed by atoms with Crippen LogP contribution >= 0.6 is 0 Å². The first-order valence-corrected chi connectivity index (χ1v) is 33.3. The molecule has 2 rings (SSSR count). The van der Waals surface area contributed by atoms with Crippen molar-refractivity contribution in [1.82, 2.24) is 0 Å². The van der Waals surface area contributed by atoms with Crippen LogP contribution in [0.3, 0.4) is 0 Å². The number of unbranched alkanes of at least 4 members (excludes halogenated alkanes) is 40. The lowest BCUT2D eigenvalue weighted by Crippen LogP contribution is -2.14. The molecule has 74 heavy (non-hydrogen) atoms. The van der Waals surface area contributed by atoms with E-state index in [1.54, 1.807) is 0 Å². The van der Waals surface area contributed by atoms with Crippen LogP contribution in [-0.2, 0) is 12.8 Å². The summed E-state index contributed by atoms with van der Waals surface area (Å²) in [7, 11) is 0. The van der Waals surface area contributed by atoms with E-state index in [0.29, 0.717) is 0 Å². The molecule has 0 aliphatic carbocycles. The number of nitrogens with zero attached hydrogens (tertiary/aromatic N) is 2. The van der Waals surface area contributed by atoms with Crippen LogP contribution in [-0.4, -0.2) is 11.4 Å². The van der Waals surface area contributed by atoms with Crippen LogP contribution in [0.25, 0.3) is 0 Å². The molecule has 0 spiro atoms. The highest BCUT2D eigenvalue weighted by atomic mass is 14.8. The van der Waals surface area contributed by atoms with Crippen LogP contribution < -0.4 is 0 Å². The number of hydrogen-bond acceptors (Lipinski definition) is 2. The number of hydrogen-bond donors (Lipinski definition) is 0. The molecule has 0 radical (unpaired) electrons. The number of allylic oxidation sites excluding steroid dienone is 4. The predicted octanol–water partition coefficient (Wildman–Crippen LogP) is 25.5. The molecule has 0 aliphatic rings. The van der Waals surface area contributed by atoms with Gasteiger partial charge in [-0.15, -0.1) is 0 Å². The Hall–Kier alpha value is -2.74. The summed E-state index contributed by atoms with van der Waals surface area (Å²) in [5.41, 5.74) is 7.26. The van der Waals surface area contributed by atoms with Crippen molar-refractivity contribution in [2.24, 2.45) is 9.98 Å². The first-order chi connectivity index (χ1) is 36.7. The van der Waals surface area contributed by atoms with Gasteiger partial charge in [0.2, 0.25) is 0 Å². The molecule has 422 valence electrons. The van der Waals surface area contributed by atoms with Crippen LogP contribution in [0.1, 0.15) is 347 Å². The standard InChI is InChI=1S/C72H124N2/c1-5-9-13-15-17-19-21-23-25-27-29-31-33-35-37-39-41-43-45-47-49-51-53-55-67-59-63-69(64-60-67)73-71(57-11-7-3)72(58-12-8-4)74-70-65-61-68(62-66-70)56-54-52-50-48-46-44-42-40-38-36-34-32-30-28-26-24-22-20-18-16-14-10-6-2/h49-52,59-66H,5-48,53-58H2,1-4H3/b51-49+,52-50+,73-71?,74-72?. The largest absolute Gasteiger partial charge is 0.252 e. The topological polar surface area (TPSA) is 24.7 Å². The van der Waals surface area contributed by atoms with Crippen molar-refractivity contribution in [3.8, 4) is 0 Å². The minimum absolute atomic E-state index is 0.981. The van der Waals surface area contributed by atoms with E-state index in [4.69, 9.17) is 9.98 Å². The minimum Gasteiger partial charge on any atom is -0.252 e. The molecule has 0 aromatic heterocycles. The van der Waals surface area contributed by atoms with Gasteiger partial charge in [-0.1, -0.05) is 320 Å². The first-order valence-electron chi connectivity index (χ1n) is 33.3. The summed E-state index contributed by atoms with van der Waals surface area (Å²) in [6, 6.07) is 18.1. The lowest BCUT2D eigenvalue weighted by molar-refractivity contribution is 0.523. The zero-order chi connectivity index (χ0) is 52.7. The predicted molar refractivity (Wildman–Crippen MR) is 337 cm³/mol. The zero-order valence-electron chi connectivity index (χ0n) is 50.2. The molecule has 2 aromatic rings. The van der Waals surface area contributed by atoms with Gasteiger partial charge in [0.25, 0.3) is 0 Å². The third-order valence-corrected chi connectivity index (χ3v) is 15.7. The molecule has 2 nitrogen and oxygen atoms in total. The Morgan fingerprint density at radius 3 is 0.716 bits per heavy atom. The Bertz CT molecular complexity index is 1460. The van der Waals surface area contributed by atoms with Gasteiger partial charge in [0.05, 0.1) is 22.8 Å². The van der Waals surface area contributed by atoms with E-state index in [2.05, 4.69) is 101 Å². The maximum atomic E-state index is 5.28. The summed E-state index contributed by atoms with van der Waals surface area (Å²) >= 11 is 0. The number of rotatable bonds is 55. The van der Waals surface area contributed by atoms with E-state index in [0.717, 1.165) is 75.6 Å².